The van der Waals surface area contributed by atoms with Crippen LogP contribution in [0.1, 0.15) is 27.2 Å². The quantitative estimate of drug-likeness (QED) is 0.565. The molecule has 0 aliphatic carbocycles. The molecule has 0 aliphatic heterocycles. The van der Waals surface area contributed by atoms with Crippen LogP contribution in [0.5, 0.6) is 5.75 Å². The van der Waals surface area contributed by atoms with Gasteiger partial charge in [0.2, 0.25) is 0 Å². The SMILES string of the molecule is CCCOc1cc(NC(C)C(C)C(=O)O)ccc1[N+](=O)[O-]. The molecule has 0 bridgehead atoms. The van der Waals surface area contributed by atoms with Crippen LogP contribution < -0.4 is 10.1 Å². The molecule has 116 valence electrons. The summed E-state index contributed by atoms with van der Waals surface area (Å²) in [5.74, 6) is -1.30. The number of hydrogen-bond acceptors (Lipinski definition) is 5. The third-order valence-electron chi connectivity index (χ3n) is 3.15. The Balaban J connectivity index is 2.94. The van der Waals surface area contributed by atoms with Gasteiger partial charge in [-0.2, -0.15) is 0 Å². The number of benzene rings is 1. The molecule has 0 saturated heterocycles. The van der Waals surface area contributed by atoms with Crippen LogP contribution in [0.25, 0.3) is 0 Å². The fraction of sp³-hybridized carbons (Fsp3) is 0.500. The molecule has 0 radical (unpaired) electrons. The van der Waals surface area contributed by atoms with Gasteiger partial charge in [-0.3, -0.25) is 14.9 Å². The van der Waals surface area contributed by atoms with Gasteiger partial charge in [0.15, 0.2) is 5.75 Å². The van der Waals surface area contributed by atoms with Crippen LogP contribution in [0.3, 0.4) is 0 Å². The highest BCUT2D eigenvalue weighted by molar-refractivity contribution is 5.71. The zero-order valence-electron chi connectivity index (χ0n) is 12.3. The largest absolute Gasteiger partial charge is 0.487 e. The van der Waals surface area contributed by atoms with Crippen molar-refractivity contribution in [2.24, 2.45) is 5.92 Å². The Morgan fingerprint density at radius 2 is 2.14 bits per heavy atom. The van der Waals surface area contributed by atoms with Crippen LogP contribution in [0, 0.1) is 16.0 Å². The van der Waals surface area contributed by atoms with Gasteiger partial charge in [-0.1, -0.05) is 6.92 Å². The lowest BCUT2D eigenvalue weighted by atomic mass is 10.0. The number of ether oxygens (including phenoxy) is 1. The van der Waals surface area contributed by atoms with Gasteiger partial charge in [-0.15, -0.1) is 0 Å². The number of rotatable bonds is 8. The molecule has 21 heavy (non-hydrogen) atoms. The minimum Gasteiger partial charge on any atom is -0.487 e. The number of hydrogen-bond donors (Lipinski definition) is 2. The normalized spacial score (nSPS) is 13.3. The predicted molar refractivity (Wildman–Crippen MR) is 78.8 cm³/mol. The zero-order valence-corrected chi connectivity index (χ0v) is 12.3. The van der Waals surface area contributed by atoms with E-state index >= 15 is 0 Å². The summed E-state index contributed by atoms with van der Waals surface area (Å²) in [5.41, 5.74) is 0.486. The first-order valence-electron chi connectivity index (χ1n) is 6.77. The maximum Gasteiger partial charge on any atom is 0.311 e. The van der Waals surface area contributed by atoms with Crippen LogP contribution in [0.2, 0.25) is 0 Å². The number of nitrogens with zero attached hydrogens (tertiary/aromatic N) is 1. The maximum absolute atomic E-state index is 10.9. The Labute approximate surface area is 123 Å². The van der Waals surface area contributed by atoms with Gasteiger partial charge in [-0.05, 0) is 26.3 Å². The molecule has 2 atom stereocenters. The Morgan fingerprint density at radius 3 is 2.67 bits per heavy atom. The van der Waals surface area contributed by atoms with Crippen LogP contribution in [0.4, 0.5) is 11.4 Å². The van der Waals surface area contributed by atoms with Gasteiger partial charge in [0.05, 0.1) is 17.4 Å². The summed E-state index contributed by atoms with van der Waals surface area (Å²) in [7, 11) is 0. The molecular weight excluding hydrogens is 276 g/mol. The van der Waals surface area contributed by atoms with E-state index in [1.165, 1.54) is 12.1 Å². The number of carboxylic acids is 1. The number of carboxylic acid groups (broad SMARTS) is 1. The van der Waals surface area contributed by atoms with E-state index in [9.17, 15) is 14.9 Å². The highest BCUT2D eigenvalue weighted by Gasteiger charge is 2.21. The summed E-state index contributed by atoms with van der Waals surface area (Å²) in [6.45, 7) is 5.63. The lowest BCUT2D eigenvalue weighted by Crippen LogP contribution is -2.29. The number of nitro groups is 1. The molecule has 0 fully saturated rings. The number of nitrogens with one attached hydrogen (secondary N) is 1. The lowest BCUT2D eigenvalue weighted by Gasteiger charge is -2.19. The highest BCUT2D eigenvalue weighted by atomic mass is 16.6. The molecule has 0 amide bonds. The summed E-state index contributed by atoms with van der Waals surface area (Å²) in [6, 6.07) is 4.11. The van der Waals surface area contributed by atoms with Gasteiger partial charge in [-0.25, -0.2) is 0 Å². The zero-order chi connectivity index (χ0) is 16.0. The third kappa shape index (κ3) is 4.62. The molecule has 0 aliphatic rings. The molecule has 0 aromatic heterocycles. The Kier molecular flexibility index (Phi) is 5.95. The number of carbonyl (C=O) groups is 1. The molecule has 1 aromatic carbocycles. The topological polar surface area (TPSA) is 102 Å². The van der Waals surface area contributed by atoms with E-state index in [4.69, 9.17) is 9.84 Å². The van der Waals surface area contributed by atoms with Crippen LogP contribution in [0.15, 0.2) is 18.2 Å². The Bertz CT molecular complexity index is 518. The number of nitro benzene ring substituents is 1. The van der Waals surface area contributed by atoms with E-state index in [-0.39, 0.29) is 17.5 Å². The molecule has 7 nitrogen and oxygen atoms in total. The van der Waals surface area contributed by atoms with E-state index < -0.39 is 16.8 Å². The van der Waals surface area contributed by atoms with E-state index in [0.29, 0.717) is 12.3 Å². The molecule has 2 N–H and O–H groups in total. The first-order chi connectivity index (χ1) is 9.86. The summed E-state index contributed by atoms with van der Waals surface area (Å²) < 4.78 is 5.38. The highest BCUT2D eigenvalue weighted by Crippen LogP contribution is 2.30. The molecule has 0 heterocycles. The minimum absolute atomic E-state index is 0.104. The smallest absolute Gasteiger partial charge is 0.311 e. The fourth-order valence-electron chi connectivity index (χ4n) is 1.68. The lowest BCUT2D eigenvalue weighted by molar-refractivity contribution is -0.385. The van der Waals surface area contributed by atoms with Crippen molar-refractivity contribution in [2.45, 2.75) is 33.2 Å². The van der Waals surface area contributed by atoms with E-state index in [2.05, 4.69) is 5.32 Å². The van der Waals surface area contributed by atoms with Crippen molar-refractivity contribution >= 4 is 17.3 Å². The van der Waals surface area contributed by atoms with Crippen molar-refractivity contribution in [3.05, 3.63) is 28.3 Å². The molecule has 0 saturated carbocycles. The van der Waals surface area contributed by atoms with Gasteiger partial charge in [0.1, 0.15) is 0 Å². The number of anilines is 1. The summed E-state index contributed by atoms with van der Waals surface area (Å²) in [4.78, 5) is 21.4. The molecule has 1 aromatic rings. The Hall–Kier alpha value is -2.31. The first-order valence-corrected chi connectivity index (χ1v) is 6.77. The predicted octanol–water partition coefficient (Wildman–Crippen LogP) is 2.90. The van der Waals surface area contributed by atoms with E-state index in [1.807, 2.05) is 6.92 Å². The average molecular weight is 296 g/mol. The maximum atomic E-state index is 10.9. The Morgan fingerprint density at radius 1 is 1.48 bits per heavy atom. The second-order valence-electron chi connectivity index (χ2n) is 4.85. The van der Waals surface area contributed by atoms with Crippen molar-refractivity contribution in [2.75, 3.05) is 11.9 Å². The summed E-state index contributed by atoms with van der Waals surface area (Å²) in [5, 5.41) is 22.9. The average Bonchev–Trinajstić information content (AvgIpc) is 2.43. The number of aliphatic carboxylic acids is 1. The molecule has 0 spiro atoms. The third-order valence-corrected chi connectivity index (χ3v) is 3.15. The molecule has 1 rings (SSSR count). The van der Waals surface area contributed by atoms with Crippen LogP contribution >= 0.6 is 0 Å². The van der Waals surface area contributed by atoms with Crippen molar-refractivity contribution in [3.8, 4) is 5.75 Å². The van der Waals surface area contributed by atoms with E-state index in [1.54, 1.807) is 19.9 Å². The fourth-order valence-corrected chi connectivity index (χ4v) is 1.68. The second kappa shape index (κ2) is 7.47. The van der Waals surface area contributed by atoms with Crippen molar-refractivity contribution < 1.29 is 19.6 Å². The minimum atomic E-state index is -0.903. The molecule has 2 unspecified atom stereocenters. The van der Waals surface area contributed by atoms with Crippen LogP contribution in [-0.2, 0) is 4.79 Å². The summed E-state index contributed by atoms with van der Waals surface area (Å²) >= 11 is 0. The van der Waals surface area contributed by atoms with Gasteiger partial charge >= 0.3 is 11.7 Å². The summed E-state index contributed by atoms with van der Waals surface area (Å²) in [6.07, 6.45) is 0.737. The van der Waals surface area contributed by atoms with Crippen molar-refractivity contribution in [3.63, 3.8) is 0 Å². The second-order valence-corrected chi connectivity index (χ2v) is 4.85. The van der Waals surface area contributed by atoms with Gasteiger partial charge in [0, 0.05) is 23.9 Å². The van der Waals surface area contributed by atoms with Crippen LogP contribution in [-0.4, -0.2) is 28.6 Å². The van der Waals surface area contributed by atoms with E-state index in [0.717, 1.165) is 6.42 Å². The van der Waals surface area contributed by atoms with Gasteiger partial charge < -0.3 is 15.2 Å². The van der Waals surface area contributed by atoms with Crippen molar-refractivity contribution in [1.29, 1.82) is 0 Å². The van der Waals surface area contributed by atoms with Crippen molar-refractivity contribution in [1.82, 2.24) is 0 Å². The standard InChI is InChI=1S/C14H20N2O5/c1-4-7-21-13-8-11(5-6-12(13)16(19)20)15-10(3)9(2)14(17)18/h5-6,8-10,15H,4,7H2,1-3H3,(H,17,18). The molecular formula is C14H20N2O5. The monoisotopic (exact) mass is 296 g/mol. The first kappa shape index (κ1) is 16.7. The van der Waals surface area contributed by atoms with Gasteiger partial charge in [0.25, 0.3) is 0 Å². The molecule has 7 heteroatoms.